The van der Waals surface area contributed by atoms with Crippen LogP contribution in [0, 0.1) is 6.92 Å². The molecule has 84 valence electrons. The zero-order valence-corrected chi connectivity index (χ0v) is 8.98. The normalized spacial score (nSPS) is 10.6. The molecule has 2 heterocycles. The molecule has 0 saturated heterocycles. The topological polar surface area (TPSA) is 81.0 Å². The number of aromatic nitrogens is 3. The van der Waals surface area contributed by atoms with Crippen molar-refractivity contribution in [1.82, 2.24) is 15.1 Å². The van der Waals surface area contributed by atoms with E-state index in [0.717, 1.165) is 5.69 Å². The molecule has 0 fully saturated rings. The van der Waals surface area contributed by atoms with E-state index in [0.29, 0.717) is 17.3 Å². The maximum atomic E-state index is 11.2. The number of rotatable bonds is 3. The second-order valence-electron chi connectivity index (χ2n) is 3.37. The van der Waals surface area contributed by atoms with Crippen LogP contribution in [-0.2, 0) is 11.3 Å². The zero-order valence-electron chi connectivity index (χ0n) is 8.98. The van der Waals surface area contributed by atoms with Crippen molar-refractivity contribution < 1.29 is 9.26 Å². The van der Waals surface area contributed by atoms with Gasteiger partial charge >= 0.3 is 0 Å². The molecule has 0 aliphatic carbocycles. The fourth-order valence-corrected chi connectivity index (χ4v) is 1.37. The summed E-state index contributed by atoms with van der Waals surface area (Å²) in [5.41, 5.74) is 1.16. The smallest absolute Gasteiger partial charge is 0.258 e. The number of ether oxygens (including phenoxy) is 1. The van der Waals surface area contributed by atoms with Crippen LogP contribution in [0.15, 0.2) is 21.5 Å². The van der Waals surface area contributed by atoms with Crippen LogP contribution in [0.4, 0.5) is 0 Å². The van der Waals surface area contributed by atoms with Crippen LogP contribution < -0.4 is 5.56 Å². The van der Waals surface area contributed by atoms with Gasteiger partial charge in [0.05, 0.1) is 0 Å². The van der Waals surface area contributed by atoms with Crippen molar-refractivity contribution in [3.8, 4) is 11.5 Å². The highest BCUT2D eigenvalue weighted by Gasteiger charge is 2.09. The summed E-state index contributed by atoms with van der Waals surface area (Å²) in [5, 5.41) is 3.72. The minimum atomic E-state index is -0.193. The minimum absolute atomic E-state index is 0.193. The first-order valence-corrected chi connectivity index (χ1v) is 4.72. The number of nitrogens with one attached hydrogen (secondary N) is 1. The second kappa shape index (κ2) is 4.28. The molecule has 2 rings (SSSR count). The highest BCUT2D eigenvalue weighted by Crippen LogP contribution is 2.15. The fraction of sp³-hybridized carbons (Fsp3) is 0.300. The molecule has 0 amide bonds. The number of hydrogen-bond donors (Lipinski definition) is 1. The summed E-state index contributed by atoms with van der Waals surface area (Å²) in [4.78, 5) is 18.0. The standard InChI is InChI=1S/C10H11N3O3/c1-6-3-7(4-9(14)11-6)10-12-8(5-15-2)13-16-10/h3-4H,5H2,1-2H3,(H,11,14). The van der Waals surface area contributed by atoms with Crippen LogP contribution in [0.3, 0.4) is 0 Å². The average Bonchev–Trinajstić information content (AvgIpc) is 2.65. The first-order chi connectivity index (χ1) is 7.69. The Hall–Kier alpha value is -1.95. The summed E-state index contributed by atoms with van der Waals surface area (Å²) < 4.78 is 9.89. The van der Waals surface area contributed by atoms with E-state index < -0.39 is 0 Å². The number of aryl methyl sites for hydroxylation is 1. The summed E-state index contributed by atoms with van der Waals surface area (Å²) >= 11 is 0. The van der Waals surface area contributed by atoms with Crippen LogP contribution in [0.2, 0.25) is 0 Å². The van der Waals surface area contributed by atoms with Gasteiger partial charge in [0.1, 0.15) is 6.61 Å². The van der Waals surface area contributed by atoms with E-state index >= 15 is 0 Å². The molecule has 0 atom stereocenters. The summed E-state index contributed by atoms with van der Waals surface area (Å²) in [6.45, 7) is 2.07. The first-order valence-electron chi connectivity index (χ1n) is 4.72. The fourth-order valence-electron chi connectivity index (χ4n) is 1.37. The van der Waals surface area contributed by atoms with Crippen molar-refractivity contribution in [2.75, 3.05) is 7.11 Å². The van der Waals surface area contributed by atoms with E-state index in [1.807, 2.05) is 0 Å². The molecule has 0 aromatic carbocycles. The molecule has 0 radical (unpaired) electrons. The van der Waals surface area contributed by atoms with Gasteiger partial charge in [-0.25, -0.2) is 0 Å². The molecular weight excluding hydrogens is 210 g/mol. The van der Waals surface area contributed by atoms with Crippen molar-refractivity contribution >= 4 is 0 Å². The number of hydrogen-bond acceptors (Lipinski definition) is 5. The molecule has 2 aromatic heterocycles. The molecule has 2 aromatic rings. The summed E-state index contributed by atoms with van der Waals surface area (Å²) in [7, 11) is 1.55. The second-order valence-corrected chi connectivity index (χ2v) is 3.37. The lowest BCUT2D eigenvalue weighted by Crippen LogP contribution is -2.05. The van der Waals surface area contributed by atoms with Gasteiger partial charge in [0.25, 0.3) is 5.89 Å². The van der Waals surface area contributed by atoms with E-state index in [4.69, 9.17) is 9.26 Å². The lowest BCUT2D eigenvalue weighted by Gasteiger charge is -1.95. The Morgan fingerprint density at radius 2 is 2.31 bits per heavy atom. The molecule has 6 nitrogen and oxygen atoms in total. The van der Waals surface area contributed by atoms with E-state index in [1.54, 1.807) is 20.1 Å². The lowest BCUT2D eigenvalue weighted by molar-refractivity contribution is 0.174. The van der Waals surface area contributed by atoms with Gasteiger partial charge in [-0.3, -0.25) is 4.79 Å². The SMILES string of the molecule is COCc1noc(-c2cc(C)[nH]c(=O)c2)n1. The van der Waals surface area contributed by atoms with Crippen molar-refractivity contribution in [2.45, 2.75) is 13.5 Å². The third-order valence-corrected chi connectivity index (χ3v) is 1.97. The highest BCUT2D eigenvalue weighted by molar-refractivity contribution is 5.52. The molecular formula is C10H11N3O3. The van der Waals surface area contributed by atoms with Gasteiger partial charge in [-0.15, -0.1) is 0 Å². The van der Waals surface area contributed by atoms with Gasteiger partial charge in [0.2, 0.25) is 5.56 Å². The van der Waals surface area contributed by atoms with Crippen molar-refractivity contribution in [3.63, 3.8) is 0 Å². The summed E-state index contributed by atoms with van der Waals surface area (Å²) in [5.74, 6) is 0.775. The number of aromatic amines is 1. The Balaban J connectivity index is 2.38. The van der Waals surface area contributed by atoms with Gasteiger partial charge in [-0.1, -0.05) is 5.16 Å². The molecule has 0 aliphatic rings. The van der Waals surface area contributed by atoms with Crippen LogP contribution in [0.1, 0.15) is 11.5 Å². The van der Waals surface area contributed by atoms with Crippen LogP contribution in [-0.4, -0.2) is 22.2 Å². The predicted octanol–water partition coefficient (Wildman–Crippen LogP) is 0.880. The van der Waals surface area contributed by atoms with Crippen molar-refractivity contribution in [3.05, 3.63) is 34.0 Å². The van der Waals surface area contributed by atoms with E-state index in [9.17, 15) is 4.79 Å². The zero-order chi connectivity index (χ0) is 11.5. The van der Waals surface area contributed by atoms with E-state index in [1.165, 1.54) is 6.07 Å². The van der Waals surface area contributed by atoms with Gasteiger partial charge in [-0.05, 0) is 13.0 Å². The van der Waals surface area contributed by atoms with Crippen molar-refractivity contribution in [1.29, 1.82) is 0 Å². The number of H-pyrrole nitrogens is 1. The predicted molar refractivity (Wildman–Crippen MR) is 55.8 cm³/mol. The molecule has 16 heavy (non-hydrogen) atoms. The molecule has 0 unspecified atom stereocenters. The molecule has 0 spiro atoms. The first kappa shape index (κ1) is 10.6. The third kappa shape index (κ3) is 2.17. The quantitative estimate of drug-likeness (QED) is 0.832. The summed E-state index contributed by atoms with van der Waals surface area (Å²) in [6, 6.07) is 3.18. The number of nitrogens with zero attached hydrogens (tertiary/aromatic N) is 2. The average molecular weight is 221 g/mol. The molecule has 0 bridgehead atoms. The Morgan fingerprint density at radius 3 is 3.00 bits per heavy atom. The van der Waals surface area contributed by atoms with E-state index in [-0.39, 0.29) is 12.2 Å². The van der Waals surface area contributed by atoms with Crippen LogP contribution >= 0.6 is 0 Å². The largest absolute Gasteiger partial charge is 0.377 e. The highest BCUT2D eigenvalue weighted by atomic mass is 16.5. The Kier molecular flexibility index (Phi) is 2.82. The van der Waals surface area contributed by atoms with Crippen molar-refractivity contribution in [2.24, 2.45) is 0 Å². The molecule has 0 saturated carbocycles. The maximum absolute atomic E-state index is 11.2. The third-order valence-electron chi connectivity index (χ3n) is 1.97. The van der Waals surface area contributed by atoms with E-state index in [2.05, 4.69) is 15.1 Å². The maximum Gasteiger partial charge on any atom is 0.258 e. The molecule has 0 aliphatic heterocycles. The van der Waals surface area contributed by atoms with Gasteiger partial charge in [-0.2, -0.15) is 4.98 Å². The van der Waals surface area contributed by atoms with Crippen LogP contribution in [0.5, 0.6) is 0 Å². The molecule has 1 N–H and O–H groups in total. The Bertz CT molecular complexity index is 544. The lowest BCUT2D eigenvalue weighted by atomic mass is 10.2. The summed E-state index contributed by atoms with van der Waals surface area (Å²) in [6.07, 6.45) is 0. The Labute approximate surface area is 91.3 Å². The number of methoxy groups -OCH3 is 1. The van der Waals surface area contributed by atoms with Gasteiger partial charge in [0.15, 0.2) is 5.82 Å². The van der Waals surface area contributed by atoms with Gasteiger partial charge in [0, 0.05) is 24.4 Å². The number of pyridine rings is 1. The monoisotopic (exact) mass is 221 g/mol. The van der Waals surface area contributed by atoms with Gasteiger partial charge < -0.3 is 14.2 Å². The minimum Gasteiger partial charge on any atom is -0.377 e. The molecule has 6 heteroatoms. The van der Waals surface area contributed by atoms with Crippen LogP contribution in [0.25, 0.3) is 11.5 Å². The Morgan fingerprint density at radius 1 is 1.50 bits per heavy atom.